The number of anilines is 1. The van der Waals surface area contributed by atoms with Crippen LogP contribution < -0.4 is 10.1 Å². The SMILES string of the molecule is CNc1cc(OCCCO)nc(-c2ccccc2)n1. The second-order valence-electron chi connectivity index (χ2n) is 3.96. The van der Waals surface area contributed by atoms with Crippen molar-refractivity contribution < 1.29 is 9.84 Å². The number of aromatic nitrogens is 2. The Hall–Kier alpha value is -2.14. The van der Waals surface area contributed by atoms with Crippen molar-refractivity contribution in [3.8, 4) is 17.3 Å². The molecule has 5 heteroatoms. The van der Waals surface area contributed by atoms with Gasteiger partial charge in [0.2, 0.25) is 5.88 Å². The van der Waals surface area contributed by atoms with Gasteiger partial charge < -0.3 is 15.2 Å². The highest BCUT2D eigenvalue weighted by atomic mass is 16.5. The number of hydrogen-bond acceptors (Lipinski definition) is 5. The van der Waals surface area contributed by atoms with Crippen molar-refractivity contribution in [2.45, 2.75) is 6.42 Å². The highest BCUT2D eigenvalue weighted by Gasteiger charge is 2.06. The van der Waals surface area contributed by atoms with E-state index < -0.39 is 0 Å². The molecule has 1 aromatic carbocycles. The van der Waals surface area contributed by atoms with E-state index in [1.54, 1.807) is 13.1 Å². The van der Waals surface area contributed by atoms with Crippen molar-refractivity contribution in [2.24, 2.45) is 0 Å². The third-order valence-corrected chi connectivity index (χ3v) is 2.54. The molecule has 2 aromatic rings. The van der Waals surface area contributed by atoms with Crippen molar-refractivity contribution in [2.75, 3.05) is 25.6 Å². The number of ether oxygens (including phenoxy) is 1. The summed E-state index contributed by atoms with van der Waals surface area (Å²) in [5, 5.41) is 11.7. The Morgan fingerprint density at radius 1 is 1.21 bits per heavy atom. The summed E-state index contributed by atoms with van der Waals surface area (Å²) in [5.74, 6) is 1.82. The maximum absolute atomic E-state index is 8.75. The average molecular weight is 259 g/mol. The summed E-state index contributed by atoms with van der Waals surface area (Å²) in [6, 6.07) is 11.5. The topological polar surface area (TPSA) is 67.3 Å². The second kappa shape index (κ2) is 6.70. The maximum atomic E-state index is 8.75. The molecule has 0 saturated heterocycles. The van der Waals surface area contributed by atoms with Crippen LogP contribution in [0.15, 0.2) is 36.4 Å². The minimum Gasteiger partial charge on any atom is -0.477 e. The molecule has 2 N–H and O–H groups in total. The predicted molar refractivity (Wildman–Crippen MR) is 74.2 cm³/mol. The normalized spacial score (nSPS) is 10.2. The Morgan fingerprint density at radius 2 is 2.00 bits per heavy atom. The molecule has 0 fully saturated rings. The molecule has 0 radical (unpaired) electrons. The van der Waals surface area contributed by atoms with Gasteiger partial charge in [-0.1, -0.05) is 30.3 Å². The van der Waals surface area contributed by atoms with Gasteiger partial charge in [0.1, 0.15) is 5.82 Å². The fourth-order valence-corrected chi connectivity index (χ4v) is 1.58. The van der Waals surface area contributed by atoms with E-state index in [4.69, 9.17) is 9.84 Å². The first kappa shape index (κ1) is 13.3. The van der Waals surface area contributed by atoms with E-state index in [9.17, 15) is 0 Å². The van der Waals surface area contributed by atoms with Crippen LogP contribution in [0.1, 0.15) is 6.42 Å². The largest absolute Gasteiger partial charge is 0.477 e. The molecule has 0 aliphatic rings. The minimum atomic E-state index is 0.107. The maximum Gasteiger partial charge on any atom is 0.219 e. The van der Waals surface area contributed by atoms with E-state index in [1.807, 2.05) is 30.3 Å². The molecule has 0 aliphatic carbocycles. The third kappa shape index (κ3) is 3.66. The molecule has 0 atom stereocenters. The van der Waals surface area contributed by atoms with Crippen LogP contribution in [-0.4, -0.2) is 35.3 Å². The Bertz CT molecular complexity index is 517. The zero-order valence-electron chi connectivity index (χ0n) is 10.8. The minimum absolute atomic E-state index is 0.107. The van der Waals surface area contributed by atoms with Crippen molar-refractivity contribution >= 4 is 5.82 Å². The third-order valence-electron chi connectivity index (χ3n) is 2.54. The van der Waals surface area contributed by atoms with Crippen LogP contribution in [0.3, 0.4) is 0 Å². The van der Waals surface area contributed by atoms with E-state index in [-0.39, 0.29) is 6.61 Å². The van der Waals surface area contributed by atoms with Gasteiger partial charge >= 0.3 is 0 Å². The Morgan fingerprint density at radius 3 is 2.68 bits per heavy atom. The molecule has 19 heavy (non-hydrogen) atoms. The van der Waals surface area contributed by atoms with Crippen LogP contribution in [0.5, 0.6) is 5.88 Å². The molecular formula is C14H17N3O2. The van der Waals surface area contributed by atoms with Gasteiger partial charge in [0, 0.05) is 31.7 Å². The number of hydrogen-bond donors (Lipinski definition) is 2. The van der Waals surface area contributed by atoms with Crippen molar-refractivity contribution in [3.05, 3.63) is 36.4 Å². The first-order chi connectivity index (χ1) is 9.33. The number of nitrogens with one attached hydrogen (secondary N) is 1. The molecule has 0 saturated carbocycles. The predicted octanol–water partition coefficient (Wildman–Crippen LogP) is 1.95. The first-order valence-corrected chi connectivity index (χ1v) is 6.19. The Kier molecular flexibility index (Phi) is 4.69. The quantitative estimate of drug-likeness (QED) is 0.776. The number of rotatable bonds is 6. The first-order valence-electron chi connectivity index (χ1n) is 6.19. The smallest absolute Gasteiger partial charge is 0.219 e. The van der Waals surface area contributed by atoms with Gasteiger partial charge in [-0.05, 0) is 0 Å². The van der Waals surface area contributed by atoms with Crippen LogP contribution >= 0.6 is 0 Å². The van der Waals surface area contributed by atoms with Crippen LogP contribution in [0, 0.1) is 0 Å². The van der Waals surface area contributed by atoms with Crippen LogP contribution in [-0.2, 0) is 0 Å². The summed E-state index contributed by atoms with van der Waals surface area (Å²) in [6.07, 6.45) is 0.583. The van der Waals surface area contributed by atoms with Gasteiger partial charge in [-0.2, -0.15) is 4.98 Å². The summed E-state index contributed by atoms with van der Waals surface area (Å²) in [4.78, 5) is 8.77. The van der Waals surface area contributed by atoms with Crippen LogP contribution in [0.2, 0.25) is 0 Å². The summed E-state index contributed by atoms with van der Waals surface area (Å²) < 4.78 is 5.50. The van der Waals surface area contributed by atoms with E-state index in [0.29, 0.717) is 30.5 Å². The molecule has 0 amide bonds. The Balaban J connectivity index is 2.26. The zero-order chi connectivity index (χ0) is 13.5. The lowest BCUT2D eigenvalue weighted by molar-refractivity contribution is 0.229. The molecule has 5 nitrogen and oxygen atoms in total. The summed E-state index contributed by atoms with van der Waals surface area (Å²) in [7, 11) is 1.80. The lowest BCUT2D eigenvalue weighted by Gasteiger charge is -2.09. The van der Waals surface area contributed by atoms with E-state index in [0.717, 1.165) is 5.56 Å². The lowest BCUT2D eigenvalue weighted by Crippen LogP contribution is -2.04. The number of benzene rings is 1. The molecule has 2 rings (SSSR count). The van der Waals surface area contributed by atoms with Crippen LogP contribution in [0.4, 0.5) is 5.82 Å². The highest BCUT2D eigenvalue weighted by molar-refractivity contribution is 5.58. The average Bonchev–Trinajstić information content (AvgIpc) is 2.48. The fraction of sp³-hybridized carbons (Fsp3) is 0.286. The van der Waals surface area contributed by atoms with Crippen molar-refractivity contribution in [1.82, 2.24) is 9.97 Å². The van der Waals surface area contributed by atoms with Gasteiger partial charge in [0.25, 0.3) is 0 Å². The van der Waals surface area contributed by atoms with E-state index in [2.05, 4.69) is 15.3 Å². The number of nitrogens with zero attached hydrogens (tertiary/aromatic N) is 2. The summed E-state index contributed by atoms with van der Waals surface area (Å²) >= 11 is 0. The lowest BCUT2D eigenvalue weighted by atomic mass is 10.2. The second-order valence-corrected chi connectivity index (χ2v) is 3.96. The van der Waals surface area contributed by atoms with Gasteiger partial charge in [0.15, 0.2) is 5.82 Å². The van der Waals surface area contributed by atoms with Gasteiger partial charge in [-0.25, -0.2) is 4.98 Å². The molecule has 100 valence electrons. The number of aliphatic hydroxyl groups is 1. The monoisotopic (exact) mass is 259 g/mol. The van der Waals surface area contributed by atoms with E-state index >= 15 is 0 Å². The fourth-order valence-electron chi connectivity index (χ4n) is 1.58. The van der Waals surface area contributed by atoms with Gasteiger partial charge in [-0.3, -0.25) is 0 Å². The van der Waals surface area contributed by atoms with Crippen LogP contribution in [0.25, 0.3) is 11.4 Å². The molecule has 1 heterocycles. The molecule has 1 aromatic heterocycles. The van der Waals surface area contributed by atoms with Gasteiger partial charge in [-0.15, -0.1) is 0 Å². The molecule has 0 unspecified atom stereocenters. The Labute approximate surface area is 112 Å². The number of aliphatic hydroxyl groups excluding tert-OH is 1. The standard InChI is InChI=1S/C14H17N3O2/c1-15-12-10-13(19-9-5-8-18)17-14(16-12)11-6-3-2-4-7-11/h2-4,6-7,10,18H,5,8-9H2,1H3,(H,15,16,17). The zero-order valence-corrected chi connectivity index (χ0v) is 10.8. The molecule has 0 spiro atoms. The molecule has 0 aliphatic heterocycles. The summed E-state index contributed by atoms with van der Waals surface area (Å²) in [5.41, 5.74) is 0.937. The molecule has 0 bridgehead atoms. The summed E-state index contributed by atoms with van der Waals surface area (Å²) in [6.45, 7) is 0.542. The highest BCUT2D eigenvalue weighted by Crippen LogP contribution is 2.21. The van der Waals surface area contributed by atoms with Crippen molar-refractivity contribution in [1.29, 1.82) is 0 Å². The van der Waals surface area contributed by atoms with E-state index in [1.165, 1.54) is 0 Å². The molecular weight excluding hydrogens is 242 g/mol. The van der Waals surface area contributed by atoms with Gasteiger partial charge in [0.05, 0.1) is 6.61 Å². The van der Waals surface area contributed by atoms with Crippen molar-refractivity contribution in [3.63, 3.8) is 0 Å².